The third-order valence-corrected chi connectivity index (χ3v) is 3.35. The molecule has 2 aromatic heterocycles. The van der Waals surface area contributed by atoms with E-state index in [9.17, 15) is 0 Å². The third kappa shape index (κ3) is 1.84. The Balaban J connectivity index is 2.10. The Hall–Kier alpha value is -1.62. The van der Waals surface area contributed by atoms with E-state index in [1.807, 2.05) is 6.20 Å². The molecule has 0 saturated carbocycles. The second-order valence-corrected chi connectivity index (χ2v) is 4.94. The number of aromatic nitrogens is 3. The van der Waals surface area contributed by atoms with Crippen molar-refractivity contribution in [2.24, 2.45) is 0 Å². The third-order valence-electron chi connectivity index (χ3n) is 3.35. The van der Waals surface area contributed by atoms with E-state index in [0.717, 1.165) is 49.3 Å². The van der Waals surface area contributed by atoms with E-state index in [1.165, 1.54) is 5.69 Å². The van der Waals surface area contributed by atoms with Gasteiger partial charge in [0.05, 0.1) is 17.7 Å². The molecule has 0 aliphatic carbocycles. The molecule has 5 nitrogen and oxygen atoms in total. The number of rotatable bonds is 3. The molecule has 3 rings (SSSR count). The number of hydrogen-bond donors (Lipinski definition) is 0. The minimum absolute atomic E-state index is 0.800. The minimum Gasteiger partial charge on any atom is -0.491 e. The van der Waals surface area contributed by atoms with Gasteiger partial charge in [-0.1, -0.05) is 0 Å². The highest BCUT2D eigenvalue weighted by atomic mass is 16.5. The van der Waals surface area contributed by atoms with Crippen LogP contribution in [-0.4, -0.2) is 46.7 Å². The van der Waals surface area contributed by atoms with Crippen LogP contribution in [0.25, 0.3) is 11.0 Å². The van der Waals surface area contributed by atoms with Gasteiger partial charge in [-0.05, 0) is 26.9 Å². The van der Waals surface area contributed by atoms with Crippen LogP contribution in [0.1, 0.15) is 12.1 Å². The molecule has 0 aromatic carbocycles. The first-order valence-corrected chi connectivity index (χ1v) is 6.36. The van der Waals surface area contributed by atoms with Crippen LogP contribution in [0.4, 0.5) is 0 Å². The van der Waals surface area contributed by atoms with Gasteiger partial charge in [-0.25, -0.2) is 9.97 Å². The van der Waals surface area contributed by atoms with E-state index in [0.29, 0.717) is 0 Å². The lowest BCUT2D eigenvalue weighted by Crippen LogP contribution is -2.20. The fraction of sp³-hybridized carbons (Fsp3) is 0.538. The topological polar surface area (TPSA) is 43.2 Å². The second-order valence-electron chi connectivity index (χ2n) is 4.94. The molecule has 1 aliphatic heterocycles. The lowest BCUT2D eigenvalue weighted by Gasteiger charge is -2.17. The molecule has 0 saturated heterocycles. The largest absolute Gasteiger partial charge is 0.491 e. The second kappa shape index (κ2) is 4.57. The minimum atomic E-state index is 0.800. The smallest absolute Gasteiger partial charge is 0.151 e. The number of fused-ring (bicyclic) bond motifs is 3. The fourth-order valence-electron chi connectivity index (χ4n) is 2.47. The summed E-state index contributed by atoms with van der Waals surface area (Å²) in [5.74, 6) is 0.996. The van der Waals surface area contributed by atoms with Crippen molar-refractivity contribution in [3.63, 3.8) is 0 Å². The van der Waals surface area contributed by atoms with Gasteiger partial charge in [-0.3, -0.25) is 0 Å². The van der Waals surface area contributed by atoms with Crippen molar-refractivity contribution < 1.29 is 4.74 Å². The zero-order chi connectivity index (χ0) is 12.5. The van der Waals surface area contributed by atoms with Gasteiger partial charge < -0.3 is 14.2 Å². The monoisotopic (exact) mass is 246 g/mol. The summed E-state index contributed by atoms with van der Waals surface area (Å²) in [6, 6.07) is 0. The van der Waals surface area contributed by atoms with E-state index in [2.05, 4.69) is 33.5 Å². The predicted octanol–water partition coefficient (Wildman–Crippen LogP) is 1.32. The van der Waals surface area contributed by atoms with Crippen LogP contribution in [0.2, 0.25) is 0 Å². The number of hydrogen-bond acceptors (Lipinski definition) is 4. The van der Waals surface area contributed by atoms with Gasteiger partial charge in [0.15, 0.2) is 5.75 Å². The van der Waals surface area contributed by atoms with Crippen molar-refractivity contribution >= 4 is 11.0 Å². The van der Waals surface area contributed by atoms with Crippen molar-refractivity contribution in [2.45, 2.75) is 19.4 Å². The molecule has 1 aliphatic rings. The molecule has 96 valence electrons. The fourth-order valence-corrected chi connectivity index (χ4v) is 2.47. The molecule has 0 fully saturated rings. The van der Waals surface area contributed by atoms with Crippen LogP contribution in [0, 0.1) is 0 Å². The summed E-state index contributed by atoms with van der Waals surface area (Å²) in [7, 11) is 4.17. The molecule has 0 amide bonds. The molecule has 3 heterocycles. The average molecular weight is 246 g/mol. The van der Waals surface area contributed by atoms with Gasteiger partial charge in [0.25, 0.3) is 0 Å². The van der Waals surface area contributed by atoms with Crippen LogP contribution < -0.4 is 4.74 Å². The first kappa shape index (κ1) is 11.5. The summed E-state index contributed by atoms with van der Waals surface area (Å²) in [5.41, 5.74) is 2.28. The van der Waals surface area contributed by atoms with Gasteiger partial charge in [0.2, 0.25) is 0 Å². The molecule has 0 bridgehead atoms. The maximum Gasteiger partial charge on any atom is 0.151 e. The molecule has 0 unspecified atom stereocenters. The first-order valence-electron chi connectivity index (χ1n) is 6.36. The Labute approximate surface area is 106 Å². The summed E-state index contributed by atoms with van der Waals surface area (Å²) < 4.78 is 8.09. The first-order chi connectivity index (χ1) is 8.77. The quantitative estimate of drug-likeness (QED) is 0.819. The lowest BCUT2D eigenvalue weighted by atomic mass is 10.2. The maximum atomic E-state index is 5.81. The van der Waals surface area contributed by atoms with E-state index >= 15 is 0 Å². The zero-order valence-corrected chi connectivity index (χ0v) is 10.9. The number of likely N-dealkylation sites (N-methyl/N-ethyl adjacent to an activating group) is 1. The summed E-state index contributed by atoms with van der Waals surface area (Å²) in [5, 5.41) is 1.05. The van der Waals surface area contributed by atoms with Crippen molar-refractivity contribution in [3.05, 3.63) is 18.2 Å². The van der Waals surface area contributed by atoms with Gasteiger partial charge in [0.1, 0.15) is 12.0 Å². The average Bonchev–Trinajstić information content (AvgIpc) is 2.71. The van der Waals surface area contributed by atoms with Crippen molar-refractivity contribution in [1.82, 2.24) is 19.4 Å². The molecule has 0 atom stereocenters. The van der Waals surface area contributed by atoms with Crippen LogP contribution >= 0.6 is 0 Å². The highest BCUT2D eigenvalue weighted by Crippen LogP contribution is 2.34. The summed E-state index contributed by atoms with van der Waals surface area (Å²) >= 11 is 0. The molecule has 5 heteroatoms. The van der Waals surface area contributed by atoms with Gasteiger partial charge >= 0.3 is 0 Å². The number of ether oxygens (including phenoxy) is 1. The van der Waals surface area contributed by atoms with Crippen LogP contribution in [0.3, 0.4) is 0 Å². The Kier molecular flexibility index (Phi) is 2.91. The summed E-state index contributed by atoms with van der Waals surface area (Å²) in [6.07, 6.45) is 5.62. The summed E-state index contributed by atoms with van der Waals surface area (Å²) in [6.45, 7) is 2.74. The Morgan fingerprint density at radius 2 is 2.33 bits per heavy atom. The Morgan fingerprint density at radius 3 is 3.17 bits per heavy atom. The normalized spacial score (nSPS) is 14.8. The van der Waals surface area contributed by atoms with Crippen LogP contribution in [0.5, 0.6) is 5.75 Å². The SMILES string of the molecule is CN(C)CCn1c2c(c3cncnc31)OCCC2. The Morgan fingerprint density at radius 1 is 1.44 bits per heavy atom. The van der Waals surface area contributed by atoms with Crippen LogP contribution in [-0.2, 0) is 13.0 Å². The molecule has 2 aromatic rings. The van der Waals surface area contributed by atoms with Gasteiger partial charge in [-0.15, -0.1) is 0 Å². The molecular formula is C13H18N4O. The zero-order valence-electron chi connectivity index (χ0n) is 10.9. The molecule has 18 heavy (non-hydrogen) atoms. The van der Waals surface area contributed by atoms with Crippen molar-refractivity contribution in [3.8, 4) is 5.75 Å². The van der Waals surface area contributed by atoms with E-state index in [4.69, 9.17) is 4.74 Å². The van der Waals surface area contributed by atoms with Crippen molar-refractivity contribution in [1.29, 1.82) is 0 Å². The van der Waals surface area contributed by atoms with Gasteiger partial charge in [-0.2, -0.15) is 0 Å². The maximum absolute atomic E-state index is 5.81. The molecule has 0 spiro atoms. The van der Waals surface area contributed by atoms with E-state index in [1.54, 1.807) is 6.33 Å². The molecular weight excluding hydrogens is 228 g/mol. The van der Waals surface area contributed by atoms with E-state index in [-0.39, 0.29) is 0 Å². The number of nitrogens with zero attached hydrogens (tertiary/aromatic N) is 4. The highest BCUT2D eigenvalue weighted by molar-refractivity contribution is 5.85. The molecule has 0 N–H and O–H groups in total. The van der Waals surface area contributed by atoms with Crippen molar-refractivity contribution in [2.75, 3.05) is 27.2 Å². The standard InChI is InChI=1S/C13H18N4O/c1-16(2)5-6-17-11-4-3-7-18-12(11)10-8-14-9-15-13(10)17/h8-9H,3-7H2,1-2H3. The van der Waals surface area contributed by atoms with E-state index < -0.39 is 0 Å². The highest BCUT2D eigenvalue weighted by Gasteiger charge is 2.22. The van der Waals surface area contributed by atoms with Gasteiger partial charge in [0, 0.05) is 19.3 Å². The van der Waals surface area contributed by atoms with Crippen LogP contribution in [0.15, 0.2) is 12.5 Å². The summed E-state index contributed by atoms with van der Waals surface area (Å²) in [4.78, 5) is 10.7. The predicted molar refractivity (Wildman–Crippen MR) is 69.9 cm³/mol. The lowest BCUT2D eigenvalue weighted by molar-refractivity contribution is 0.285. The Bertz CT molecular complexity index is 561. The molecule has 0 radical (unpaired) electrons.